The molecule has 0 spiro atoms. The highest BCUT2D eigenvalue weighted by Gasteiger charge is 2.23. The first-order valence-corrected chi connectivity index (χ1v) is 11.8. The summed E-state index contributed by atoms with van der Waals surface area (Å²) in [5.41, 5.74) is 17.4. The second-order valence-corrected chi connectivity index (χ2v) is 8.69. The lowest BCUT2D eigenvalue weighted by molar-refractivity contribution is -0.119. The van der Waals surface area contributed by atoms with Crippen molar-refractivity contribution in [3.05, 3.63) is 53.2 Å². The average Bonchev–Trinajstić information content (AvgIpc) is 3.16. The van der Waals surface area contributed by atoms with E-state index >= 15 is 0 Å². The molecule has 0 bridgehead atoms. The first kappa shape index (κ1) is 26.6. The summed E-state index contributed by atoms with van der Waals surface area (Å²) in [7, 11) is 0. The van der Waals surface area contributed by atoms with Crippen LogP contribution >= 0.6 is 0 Å². The number of hydrogen-bond donors (Lipinski definition) is 5. The molecule has 182 valence electrons. The van der Waals surface area contributed by atoms with Crippen LogP contribution in [-0.2, 0) is 4.79 Å². The number of benzene rings is 2. The fourth-order valence-corrected chi connectivity index (χ4v) is 3.52. The van der Waals surface area contributed by atoms with Crippen LogP contribution in [0.2, 0.25) is 0 Å². The van der Waals surface area contributed by atoms with E-state index in [1.807, 2.05) is 37.3 Å². The molecule has 7 N–H and O–H groups in total. The maximum absolute atomic E-state index is 12.0. The van der Waals surface area contributed by atoms with Crippen LogP contribution in [0.15, 0.2) is 41.4 Å². The summed E-state index contributed by atoms with van der Waals surface area (Å²) in [6.45, 7) is 12.2. The normalized spacial score (nSPS) is 12.3. The van der Waals surface area contributed by atoms with E-state index in [4.69, 9.17) is 21.9 Å². The van der Waals surface area contributed by atoms with E-state index in [2.05, 4.69) is 38.0 Å². The van der Waals surface area contributed by atoms with Crippen molar-refractivity contribution >= 4 is 45.8 Å². The van der Waals surface area contributed by atoms with Gasteiger partial charge in [0.2, 0.25) is 5.91 Å². The number of nitrogens with zero attached hydrogens (tertiary/aromatic N) is 1. The molecule has 1 aromatic heterocycles. The maximum atomic E-state index is 12.0. The SMILES string of the molecule is CC(=Nc1c(C(C)C(N)=O)[nH]c2ccc(N)c(C=N)c12)c1ccccc1NC(C)C.CCCC. The third-order valence-corrected chi connectivity index (χ3v) is 5.59. The van der Waals surface area contributed by atoms with Crippen LogP contribution in [0.25, 0.3) is 10.9 Å². The van der Waals surface area contributed by atoms with Crippen molar-refractivity contribution in [3.8, 4) is 0 Å². The Morgan fingerprint density at radius 1 is 1.15 bits per heavy atom. The molecule has 0 radical (unpaired) electrons. The van der Waals surface area contributed by atoms with Gasteiger partial charge < -0.3 is 27.2 Å². The number of nitrogen functional groups attached to an aromatic ring is 1. The number of nitrogens with two attached hydrogens (primary N) is 2. The molecule has 1 heterocycles. The predicted molar refractivity (Wildman–Crippen MR) is 146 cm³/mol. The van der Waals surface area contributed by atoms with Gasteiger partial charge >= 0.3 is 0 Å². The zero-order chi connectivity index (χ0) is 25.4. The standard InChI is InChI=1S/C23H28N6O.C4H10/c1-12(2)27-18-8-6-5-7-15(18)14(4)28-22-20-16(11-24)17(25)9-10-19(20)29-21(22)13(3)23(26)30;1-3-4-2/h5-13,24,27,29H,25H2,1-4H3,(H2,26,30);3-4H2,1-2H3. The molecule has 7 heteroatoms. The minimum absolute atomic E-state index is 0.266. The van der Waals surface area contributed by atoms with Crippen LogP contribution in [-0.4, -0.2) is 28.9 Å². The van der Waals surface area contributed by atoms with Gasteiger partial charge in [-0.3, -0.25) is 9.79 Å². The van der Waals surface area contributed by atoms with Crippen LogP contribution in [0, 0.1) is 5.41 Å². The van der Waals surface area contributed by atoms with Crippen molar-refractivity contribution < 1.29 is 4.79 Å². The van der Waals surface area contributed by atoms with Crippen LogP contribution in [0.3, 0.4) is 0 Å². The number of aliphatic imine (C=N–C) groups is 1. The molecular weight excluding hydrogens is 424 g/mol. The third-order valence-electron chi connectivity index (χ3n) is 5.59. The molecule has 3 aromatic rings. The zero-order valence-corrected chi connectivity index (χ0v) is 21.1. The highest BCUT2D eigenvalue weighted by molar-refractivity contribution is 6.12. The lowest BCUT2D eigenvalue weighted by Crippen LogP contribution is -2.19. The molecule has 7 nitrogen and oxygen atoms in total. The van der Waals surface area contributed by atoms with E-state index in [0.29, 0.717) is 28.0 Å². The minimum atomic E-state index is -0.576. The number of H-pyrrole nitrogens is 1. The van der Waals surface area contributed by atoms with Crippen LogP contribution in [0.4, 0.5) is 17.1 Å². The van der Waals surface area contributed by atoms with Gasteiger partial charge in [0.05, 0.1) is 17.3 Å². The van der Waals surface area contributed by atoms with Gasteiger partial charge in [-0.25, -0.2) is 0 Å². The Labute approximate surface area is 202 Å². The number of aromatic nitrogens is 1. The molecule has 0 aliphatic heterocycles. The lowest BCUT2D eigenvalue weighted by Gasteiger charge is -2.15. The van der Waals surface area contributed by atoms with E-state index < -0.39 is 11.8 Å². The average molecular weight is 463 g/mol. The van der Waals surface area contributed by atoms with Crippen molar-refractivity contribution in [1.82, 2.24) is 4.98 Å². The molecule has 3 rings (SSSR count). The number of para-hydroxylation sites is 1. The van der Waals surface area contributed by atoms with Crippen molar-refractivity contribution in [2.45, 2.75) is 66.3 Å². The predicted octanol–water partition coefficient (Wildman–Crippen LogP) is 6.10. The van der Waals surface area contributed by atoms with Crippen molar-refractivity contribution in [3.63, 3.8) is 0 Å². The summed E-state index contributed by atoms with van der Waals surface area (Å²) in [4.78, 5) is 20.1. The molecule has 0 aliphatic carbocycles. The number of unbranched alkanes of at least 4 members (excludes halogenated alkanes) is 1. The highest BCUT2D eigenvalue weighted by atomic mass is 16.1. The number of amides is 1. The number of hydrogen-bond acceptors (Lipinski definition) is 5. The maximum Gasteiger partial charge on any atom is 0.226 e. The Morgan fingerprint density at radius 2 is 1.79 bits per heavy atom. The Hall–Kier alpha value is -3.61. The number of nitrogens with one attached hydrogen (secondary N) is 3. The molecule has 0 fully saturated rings. The number of carbonyl (C=O) groups excluding carboxylic acids is 1. The van der Waals surface area contributed by atoms with Crippen molar-refractivity contribution in [2.75, 3.05) is 11.1 Å². The largest absolute Gasteiger partial charge is 0.398 e. The summed E-state index contributed by atoms with van der Waals surface area (Å²) in [5, 5.41) is 12.0. The Balaban J connectivity index is 0.000000945. The molecule has 2 aromatic carbocycles. The second-order valence-electron chi connectivity index (χ2n) is 8.69. The molecule has 34 heavy (non-hydrogen) atoms. The molecule has 0 aliphatic rings. The number of aromatic amines is 1. The van der Waals surface area contributed by atoms with Gasteiger partial charge in [0, 0.05) is 51.4 Å². The Morgan fingerprint density at radius 3 is 2.35 bits per heavy atom. The molecule has 0 saturated heterocycles. The molecule has 1 unspecified atom stereocenters. The molecule has 1 amide bonds. The van der Waals surface area contributed by atoms with E-state index in [0.717, 1.165) is 22.5 Å². The first-order chi connectivity index (χ1) is 16.2. The van der Waals surface area contributed by atoms with Gasteiger partial charge in [-0.15, -0.1) is 0 Å². The fraction of sp³-hybridized carbons (Fsp3) is 0.370. The minimum Gasteiger partial charge on any atom is -0.398 e. The number of carbonyl (C=O) groups is 1. The van der Waals surface area contributed by atoms with Crippen molar-refractivity contribution in [2.24, 2.45) is 10.7 Å². The van der Waals surface area contributed by atoms with E-state index in [1.165, 1.54) is 19.1 Å². The van der Waals surface area contributed by atoms with Gasteiger partial charge in [0.25, 0.3) is 0 Å². The molecular formula is C27H38N6O. The van der Waals surface area contributed by atoms with Crippen LogP contribution in [0.1, 0.15) is 77.1 Å². The molecule has 1 atom stereocenters. The first-order valence-electron chi connectivity index (χ1n) is 11.8. The highest BCUT2D eigenvalue weighted by Crippen LogP contribution is 2.39. The Kier molecular flexibility index (Phi) is 9.42. The monoisotopic (exact) mass is 462 g/mol. The summed E-state index contributed by atoms with van der Waals surface area (Å²) >= 11 is 0. The van der Waals surface area contributed by atoms with Gasteiger partial charge in [-0.1, -0.05) is 44.9 Å². The van der Waals surface area contributed by atoms with Gasteiger partial charge in [-0.2, -0.15) is 0 Å². The molecule has 0 saturated carbocycles. The summed E-state index contributed by atoms with van der Waals surface area (Å²) in [6.07, 6.45) is 3.85. The van der Waals surface area contributed by atoms with Gasteiger partial charge in [0.15, 0.2) is 0 Å². The van der Waals surface area contributed by atoms with E-state index in [-0.39, 0.29) is 6.04 Å². The van der Waals surface area contributed by atoms with Crippen molar-refractivity contribution in [1.29, 1.82) is 5.41 Å². The lowest BCUT2D eigenvalue weighted by atomic mass is 10.0. The fourth-order valence-electron chi connectivity index (χ4n) is 3.52. The van der Waals surface area contributed by atoms with Gasteiger partial charge in [-0.05, 0) is 45.9 Å². The van der Waals surface area contributed by atoms with Crippen LogP contribution < -0.4 is 16.8 Å². The third kappa shape index (κ3) is 6.04. The number of primary amides is 1. The summed E-state index contributed by atoms with van der Waals surface area (Å²) in [5.74, 6) is -1.03. The zero-order valence-electron chi connectivity index (χ0n) is 21.1. The summed E-state index contributed by atoms with van der Waals surface area (Å²) < 4.78 is 0. The summed E-state index contributed by atoms with van der Waals surface area (Å²) in [6, 6.07) is 11.8. The van der Waals surface area contributed by atoms with E-state index in [9.17, 15) is 4.79 Å². The van der Waals surface area contributed by atoms with Crippen LogP contribution in [0.5, 0.6) is 0 Å². The quantitative estimate of drug-likeness (QED) is 0.204. The topological polar surface area (TPSA) is 133 Å². The van der Waals surface area contributed by atoms with Gasteiger partial charge in [0.1, 0.15) is 0 Å². The van der Waals surface area contributed by atoms with E-state index in [1.54, 1.807) is 13.0 Å². The Bertz CT molecular complexity index is 1170. The number of fused-ring (bicyclic) bond motifs is 1. The second kappa shape index (κ2) is 12.0. The number of rotatable bonds is 8. The number of anilines is 2. The smallest absolute Gasteiger partial charge is 0.226 e.